The summed E-state index contributed by atoms with van der Waals surface area (Å²) in [5, 5.41) is 0. The lowest BCUT2D eigenvalue weighted by molar-refractivity contribution is 0.595. The van der Waals surface area contributed by atoms with Gasteiger partial charge in [-0.25, -0.2) is 8.78 Å². The molecule has 1 heterocycles. The highest BCUT2D eigenvalue weighted by Gasteiger charge is 2.07. The van der Waals surface area contributed by atoms with Crippen molar-refractivity contribution in [3.63, 3.8) is 0 Å². The second-order valence-corrected chi connectivity index (χ2v) is 4.18. The molecule has 0 radical (unpaired) electrons. The molecule has 1 nitrogen and oxygen atoms in total. The number of rotatable bonds is 2. The van der Waals surface area contributed by atoms with Crippen LogP contribution in [-0.2, 0) is 0 Å². The van der Waals surface area contributed by atoms with E-state index in [-0.39, 0.29) is 11.6 Å². The van der Waals surface area contributed by atoms with Gasteiger partial charge in [0.25, 0.3) is 0 Å². The van der Waals surface area contributed by atoms with Crippen LogP contribution in [0.5, 0.6) is 0 Å². The minimum Gasteiger partial charge on any atom is -0.456 e. The highest BCUT2D eigenvalue weighted by Crippen LogP contribution is 2.28. The maximum atomic E-state index is 12.8. The fourth-order valence-electron chi connectivity index (χ4n) is 1.88. The molecule has 0 N–H and O–H groups in total. The normalized spacial score (nSPS) is 10.6. The quantitative estimate of drug-likeness (QED) is 0.636. The molecule has 0 aliphatic heterocycles. The van der Waals surface area contributed by atoms with E-state index in [1.54, 1.807) is 24.3 Å². The van der Waals surface area contributed by atoms with Gasteiger partial charge in [-0.1, -0.05) is 0 Å². The molecule has 0 fully saturated rings. The van der Waals surface area contributed by atoms with E-state index in [1.165, 1.54) is 24.3 Å². The Kier molecular flexibility index (Phi) is 2.88. The Hall–Kier alpha value is -2.42. The van der Waals surface area contributed by atoms with Crippen molar-refractivity contribution in [1.82, 2.24) is 0 Å². The van der Waals surface area contributed by atoms with Gasteiger partial charge in [-0.2, -0.15) is 0 Å². The van der Waals surface area contributed by atoms with Crippen molar-refractivity contribution in [1.29, 1.82) is 0 Å². The second kappa shape index (κ2) is 4.69. The summed E-state index contributed by atoms with van der Waals surface area (Å²) < 4.78 is 31.4. The van der Waals surface area contributed by atoms with Gasteiger partial charge < -0.3 is 4.42 Å². The van der Waals surface area contributed by atoms with Gasteiger partial charge in [0.2, 0.25) is 0 Å². The molecular formula is C16H10F2O. The highest BCUT2D eigenvalue weighted by molar-refractivity contribution is 5.64. The smallest absolute Gasteiger partial charge is 0.134 e. The summed E-state index contributed by atoms with van der Waals surface area (Å²) in [5.74, 6) is 0.738. The van der Waals surface area contributed by atoms with Gasteiger partial charge in [0.05, 0.1) is 0 Å². The van der Waals surface area contributed by atoms with Crippen molar-refractivity contribution in [2.75, 3.05) is 0 Å². The second-order valence-electron chi connectivity index (χ2n) is 4.18. The van der Waals surface area contributed by atoms with Crippen molar-refractivity contribution in [2.45, 2.75) is 0 Å². The van der Waals surface area contributed by atoms with Gasteiger partial charge in [-0.15, -0.1) is 0 Å². The summed E-state index contributed by atoms with van der Waals surface area (Å²) >= 11 is 0. The Morgan fingerprint density at radius 1 is 0.526 bits per heavy atom. The topological polar surface area (TPSA) is 13.1 Å². The standard InChI is InChI=1S/C16H10F2O/c17-13-5-1-11(2-6-13)15-9-10-16(19-15)12-3-7-14(18)8-4-12/h1-10H. The summed E-state index contributed by atoms with van der Waals surface area (Å²) in [6.07, 6.45) is 0. The van der Waals surface area contributed by atoms with Crippen molar-refractivity contribution >= 4 is 0 Å². The van der Waals surface area contributed by atoms with Crippen molar-refractivity contribution in [3.8, 4) is 22.6 Å². The van der Waals surface area contributed by atoms with E-state index in [4.69, 9.17) is 4.42 Å². The van der Waals surface area contributed by atoms with E-state index in [0.29, 0.717) is 11.5 Å². The molecule has 3 heteroatoms. The minimum absolute atomic E-state index is 0.283. The van der Waals surface area contributed by atoms with Gasteiger partial charge in [0.1, 0.15) is 23.2 Å². The Balaban J connectivity index is 1.95. The largest absolute Gasteiger partial charge is 0.456 e. The third-order valence-electron chi connectivity index (χ3n) is 2.86. The van der Waals surface area contributed by atoms with Crippen molar-refractivity contribution < 1.29 is 13.2 Å². The van der Waals surface area contributed by atoms with E-state index >= 15 is 0 Å². The summed E-state index contributed by atoms with van der Waals surface area (Å²) in [6.45, 7) is 0. The molecule has 3 aromatic rings. The molecule has 0 amide bonds. The lowest BCUT2D eigenvalue weighted by Crippen LogP contribution is -1.76. The van der Waals surface area contributed by atoms with Crippen LogP contribution in [0.15, 0.2) is 65.1 Å². The van der Waals surface area contributed by atoms with E-state index < -0.39 is 0 Å². The first-order valence-corrected chi connectivity index (χ1v) is 5.84. The number of hydrogen-bond donors (Lipinski definition) is 0. The Morgan fingerprint density at radius 2 is 0.895 bits per heavy atom. The first-order chi connectivity index (χ1) is 9.22. The molecule has 0 spiro atoms. The van der Waals surface area contributed by atoms with Crippen LogP contribution in [0.2, 0.25) is 0 Å². The zero-order valence-corrected chi connectivity index (χ0v) is 9.94. The van der Waals surface area contributed by atoms with E-state index in [0.717, 1.165) is 11.1 Å². The van der Waals surface area contributed by atoms with Crippen LogP contribution < -0.4 is 0 Å². The van der Waals surface area contributed by atoms with Gasteiger partial charge in [-0.3, -0.25) is 0 Å². The molecule has 0 saturated heterocycles. The van der Waals surface area contributed by atoms with Crippen LogP contribution in [0, 0.1) is 11.6 Å². The van der Waals surface area contributed by atoms with Crippen LogP contribution in [-0.4, -0.2) is 0 Å². The minimum atomic E-state index is -0.283. The first-order valence-electron chi connectivity index (χ1n) is 5.84. The monoisotopic (exact) mass is 256 g/mol. The molecule has 0 unspecified atom stereocenters. The molecule has 0 aliphatic carbocycles. The molecule has 3 rings (SSSR count). The summed E-state index contributed by atoms with van der Waals surface area (Å²) in [4.78, 5) is 0. The Morgan fingerprint density at radius 3 is 1.26 bits per heavy atom. The molecule has 2 aromatic carbocycles. The molecule has 19 heavy (non-hydrogen) atoms. The van der Waals surface area contributed by atoms with Gasteiger partial charge in [0.15, 0.2) is 0 Å². The maximum Gasteiger partial charge on any atom is 0.134 e. The molecule has 0 bridgehead atoms. The lowest BCUT2D eigenvalue weighted by Gasteiger charge is -1.98. The molecule has 0 saturated carbocycles. The Bertz CT molecular complexity index is 622. The van der Waals surface area contributed by atoms with Crippen LogP contribution in [0.1, 0.15) is 0 Å². The maximum absolute atomic E-state index is 12.8. The van der Waals surface area contributed by atoms with Crippen molar-refractivity contribution in [2.24, 2.45) is 0 Å². The lowest BCUT2D eigenvalue weighted by atomic mass is 10.1. The van der Waals surface area contributed by atoms with E-state index in [1.807, 2.05) is 12.1 Å². The predicted octanol–water partition coefficient (Wildman–Crippen LogP) is 4.89. The third kappa shape index (κ3) is 2.40. The van der Waals surface area contributed by atoms with Crippen LogP contribution in [0.25, 0.3) is 22.6 Å². The van der Waals surface area contributed by atoms with Crippen LogP contribution >= 0.6 is 0 Å². The zero-order valence-electron chi connectivity index (χ0n) is 9.94. The van der Waals surface area contributed by atoms with Gasteiger partial charge in [0, 0.05) is 11.1 Å². The Labute approximate surface area is 109 Å². The van der Waals surface area contributed by atoms with Gasteiger partial charge >= 0.3 is 0 Å². The number of benzene rings is 2. The highest BCUT2D eigenvalue weighted by atomic mass is 19.1. The van der Waals surface area contributed by atoms with E-state index in [2.05, 4.69) is 0 Å². The summed E-state index contributed by atoms with van der Waals surface area (Å²) in [5.41, 5.74) is 1.60. The predicted molar refractivity (Wildman–Crippen MR) is 69.5 cm³/mol. The summed E-state index contributed by atoms with van der Waals surface area (Å²) in [6, 6.07) is 15.8. The molecule has 0 atom stereocenters. The molecule has 0 aliphatic rings. The van der Waals surface area contributed by atoms with Crippen molar-refractivity contribution in [3.05, 3.63) is 72.3 Å². The average molecular weight is 256 g/mol. The first kappa shape index (κ1) is 11.7. The average Bonchev–Trinajstić information content (AvgIpc) is 2.90. The SMILES string of the molecule is Fc1ccc(-c2ccc(-c3ccc(F)cc3)o2)cc1. The fourth-order valence-corrected chi connectivity index (χ4v) is 1.88. The molecule has 1 aromatic heterocycles. The molecule has 94 valence electrons. The fraction of sp³-hybridized carbons (Fsp3) is 0. The number of hydrogen-bond acceptors (Lipinski definition) is 1. The zero-order chi connectivity index (χ0) is 13.2. The van der Waals surface area contributed by atoms with E-state index in [9.17, 15) is 8.78 Å². The number of furan rings is 1. The van der Waals surface area contributed by atoms with Crippen LogP contribution in [0.4, 0.5) is 8.78 Å². The molecular weight excluding hydrogens is 246 g/mol. The summed E-state index contributed by atoms with van der Waals surface area (Å²) in [7, 11) is 0. The van der Waals surface area contributed by atoms with Crippen LogP contribution in [0.3, 0.4) is 0 Å². The number of halogens is 2. The van der Waals surface area contributed by atoms with Gasteiger partial charge in [-0.05, 0) is 60.7 Å². The third-order valence-corrected chi connectivity index (χ3v) is 2.86.